The molecule has 0 saturated carbocycles. The summed E-state index contributed by atoms with van der Waals surface area (Å²) in [5.74, 6) is -1.49. The topological polar surface area (TPSA) is 86.8 Å². The summed E-state index contributed by atoms with van der Waals surface area (Å²) in [6.07, 6.45) is 2.93. The van der Waals surface area contributed by atoms with Gasteiger partial charge in [-0.25, -0.2) is 12.8 Å². The Morgan fingerprint density at radius 1 is 1.09 bits per heavy atom. The van der Waals surface area contributed by atoms with Crippen molar-refractivity contribution in [3.8, 4) is 0 Å². The smallest absolute Gasteiger partial charge is 0.244 e. The van der Waals surface area contributed by atoms with Gasteiger partial charge in [0.05, 0.1) is 11.9 Å². The first-order valence-electron chi connectivity index (χ1n) is 11.2. The zero-order valence-corrected chi connectivity index (χ0v) is 22.3. The molecule has 0 aliphatic heterocycles. The average Bonchev–Trinajstić information content (AvgIpc) is 2.78. The highest BCUT2D eigenvalue weighted by Crippen LogP contribution is 2.25. The van der Waals surface area contributed by atoms with E-state index in [4.69, 9.17) is 23.2 Å². The second-order valence-corrected chi connectivity index (χ2v) is 10.8. The molecule has 0 aromatic heterocycles. The lowest BCUT2D eigenvalue weighted by molar-refractivity contribution is -0.140. The van der Waals surface area contributed by atoms with Gasteiger partial charge in [0, 0.05) is 23.1 Å². The third-order valence-electron chi connectivity index (χ3n) is 5.37. The molecule has 2 aromatic rings. The summed E-state index contributed by atoms with van der Waals surface area (Å²) in [7, 11) is -3.90. The predicted molar refractivity (Wildman–Crippen MR) is 138 cm³/mol. The number of halogens is 3. The van der Waals surface area contributed by atoms with E-state index in [-0.39, 0.29) is 18.1 Å². The molecule has 0 radical (unpaired) electrons. The third-order valence-corrected chi connectivity index (χ3v) is 7.09. The predicted octanol–water partition coefficient (Wildman–Crippen LogP) is 4.62. The van der Waals surface area contributed by atoms with Crippen molar-refractivity contribution in [2.75, 3.05) is 23.7 Å². The van der Waals surface area contributed by atoms with Crippen LogP contribution in [0.2, 0.25) is 10.0 Å². The van der Waals surface area contributed by atoms with Gasteiger partial charge in [0.1, 0.15) is 18.4 Å². The van der Waals surface area contributed by atoms with Crippen LogP contribution < -0.4 is 9.62 Å². The van der Waals surface area contributed by atoms with Gasteiger partial charge in [-0.3, -0.25) is 13.9 Å². The molecular weight excluding hydrogens is 516 g/mol. The second kappa shape index (κ2) is 13.1. The highest BCUT2D eigenvalue weighted by Gasteiger charge is 2.32. The molecule has 1 atom stereocenters. The standard InChI is InChI=1S/C24H30Cl2FN3O4S/c1-4-6-13-28-24(32)22(5-2)29(15-17-7-8-18(25)14-21(17)26)23(31)16-30(35(3,33)34)20-11-9-19(27)10-12-20/h7-12,14,22H,4-6,13,15-16H2,1-3H3,(H,28,32)/t22-/m0/s1. The molecule has 192 valence electrons. The van der Waals surface area contributed by atoms with Gasteiger partial charge in [-0.15, -0.1) is 0 Å². The van der Waals surface area contributed by atoms with E-state index < -0.39 is 34.3 Å². The highest BCUT2D eigenvalue weighted by molar-refractivity contribution is 7.92. The summed E-state index contributed by atoms with van der Waals surface area (Å²) in [6.45, 7) is 3.61. The normalized spacial score (nSPS) is 12.2. The lowest BCUT2D eigenvalue weighted by Gasteiger charge is -2.33. The van der Waals surface area contributed by atoms with Crippen molar-refractivity contribution in [2.45, 2.75) is 45.7 Å². The molecule has 0 heterocycles. The number of rotatable bonds is 12. The van der Waals surface area contributed by atoms with Crippen LogP contribution in [0.3, 0.4) is 0 Å². The van der Waals surface area contributed by atoms with Gasteiger partial charge in [-0.05, 0) is 54.8 Å². The summed E-state index contributed by atoms with van der Waals surface area (Å²) in [4.78, 5) is 27.9. The highest BCUT2D eigenvalue weighted by atomic mass is 35.5. The van der Waals surface area contributed by atoms with Gasteiger partial charge >= 0.3 is 0 Å². The fourth-order valence-corrected chi connectivity index (χ4v) is 4.80. The van der Waals surface area contributed by atoms with Gasteiger partial charge in [-0.2, -0.15) is 0 Å². The summed E-state index contributed by atoms with van der Waals surface area (Å²) in [6, 6.07) is 8.72. The number of hydrogen-bond donors (Lipinski definition) is 1. The number of sulfonamides is 1. The Labute approximate surface area is 216 Å². The monoisotopic (exact) mass is 545 g/mol. The number of carbonyl (C=O) groups is 2. The van der Waals surface area contributed by atoms with Crippen LogP contribution in [0.1, 0.15) is 38.7 Å². The van der Waals surface area contributed by atoms with Crippen molar-refractivity contribution >= 4 is 50.7 Å². The number of benzene rings is 2. The van der Waals surface area contributed by atoms with Crippen molar-refractivity contribution in [1.82, 2.24) is 10.2 Å². The van der Waals surface area contributed by atoms with Crippen LogP contribution in [0.5, 0.6) is 0 Å². The van der Waals surface area contributed by atoms with Gasteiger partial charge in [0.2, 0.25) is 21.8 Å². The van der Waals surface area contributed by atoms with Crippen LogP contribution >= 0.6 is 23.2 Å². The molecule has 35 heavy (non-hydrogen) atoms. The number of nitrogens with zero attached hydrogens (tertiary/aromatic N) is 2. The maximum atomic E-state index is 13.6. The van der Waals surface area contributed by atoms with E-state index in [0.717, 1.165) is 35.5 Å². The molecule has 1 N–H and O–H groups in total. The Balaban J connectivity index is 2.43. The van der Waals surface area contributed by atoms with Crippen LogP contribution in [0.25, 0.3) is 0 Å². The minimum atomic E-state index is -3.90. The van der Waals surface area contributed by atoms with Gasteiger partial charge in [-0.1, -0.05) is 49.5 Å². The van der Waals surface area contributed by atoms with Crippen molar-refractivity contribution in [3.63, 3.8) is 0 Å². The van der Waals surface area contributed by atoms with Crippen LogP contribution in [0.4, 0.5) is 10.1 Å². The number of anilines is 1. The molecule has 0 aliphatic rings. The van der Waals surface area contributed by atoms with Crippen LogP contribution in [-0.4, -0.2) is 50.5 Å². The Kier molecular flexibility index (Phi) is 10.8. The third kappa shape index (κ3) is 8.37. The molecule has 0 spiro atoms. The number of hydrogen-bond acceptors (Lipinski definition) is 4. The fraction of sp³-hybridized carbons (Fsp3) is 0.417. The molecule has 7 nitrogen and oxygen atoms in total. The van der Waals surface area contributed by atoms with E-state index in [0.29, 0.717) is 28.6 Å². The van der Waals surface area contributed by atoms with E-state index in [9.17, 15) is 22.4 Å². The summed E-state index contributed by atoms with van der Waals surface area (Å²) in [5.41, 5.74) is 0.684. The van der Waals surface area contributed by atoms with E-state index in [1.165, 1.54) is 23.1 Å². The van der Waals surface area contributed by atoms with E-state index >= 15 is 0 Å². The SMILES string of the molecule is CCCCNC(=O)[C@H](CC)N(Cc1ccc(Cl)cc1Cl)C(=O)CN(c1ccc(F)cc1)S(C)(=O)=O. The van der Waals surface area contributed by atoms with Gasteiger partial charge < -0.3 is 10.2 Å². The number of unbranched alkanes of at least 4 members (excludes halogenated alkanes) is 1. The molecule has 0 aliphatic carbocycles. The molecule has 2 rings (SSSR count). The molecule has 0 unspecified atom stereocenters. The average molecular weight is 546 g/mol. The molecular formula is C24H30Cl2FN3O4S. The first-order valence-corrected chi connectivity index (χ1v) is 13.8. The van der Waals surface area contributed by atoms with E-state index in [1.54, 1.807) is 19.1 Å². The molecule has 0 bridgehead atoms. The Morgan fingerprint density at radius 2 is 1.74 bits per heavy atom. The number of carbonyl (C=O) groups excluding carboxylic acids is 2. The maximum absolute atomic E-state index is 13.6. The van der Waals surface area contributed by atoms with Crippen molar-refractivity contribution in [1.29, 1.82) is 0 Å². The quantitative estimate of drug-likeness (QED) is 0.394. The number of nitrogens with one attached hydrogen (secondary N) is 1. The fourth-order valence-electron chi connectivity index (χ4n) is 3.48. The molecule has 11 heteroatoms. The Bertz CT molecular complexity index is 1130. The van der Waals surface area contributed by atoms with E-state index in [1.807, 2.05) is 6.92 Å². The van der Waals surface area contributed by atoms with E-state index in [2.05, 4.69) is 5.32 Å². The van der Waals surface area contributed by atoms with Gasteiger partial charge in [0.15, 0.2) is 0 Å². The van der Waals surface area contributed by atoms with Crippen LogP contribution in [0, 0.1) is 5.82 Å². The zero-order valence-electron chi connectivity index (χ0n) is 19.9. The van der Waals surface area contributed by atoms with Crippen LogP contribution in [-0.2, 0) is 26.2 Å². The lowest BCUT2D eigenvalue weighted by atomic mass is 10.1. The first-order chi connectivity index (χ1) is 16.5. The number of amides is 2. The largest absolute Gasteiger partial charge is 0.354 e. The van der Waals surface area contributed by atoms with Crippen molar-refractivity contribution in [2.24, 2.45) is 0 Å². The molecule has 0 saturated heterocycles. The minimum absolute atomic E-state index is 0.0322. The van der Waals surface area contributed by atoms with Gasteiger partial charge in [0.25, 0.3) is 0 Å². The zero-order chi connectivity index (χ0) is 26.2. The lowest BCUT2D eigenvalue weighted by Crippen LogP contribution is -2.52. The van der Waals surface area contributed by atoms with Crippen molar-refractivity contribution < 1.29 is 22.4 Å². The Morgan fingerprint density at radius 3 is 2.29 bits per heavy atom. The first kappa shape index (κ1) is 28.9. The molecule has 2 amide bonds. The summed E-state index contributed by atoms with van der Waals surface area (Å²) < 4.78 is 39.3. The summed E-state index contributed by atoms with van der Waals surface area (Å²) in [5, 5.41) is 3.57. The summed E-state index contributed by atoms with van der Waals surface area (Å²) >= 11 is 12.3. The van der Waals surface area contributed by atoms with Crippen molar-refractivity contribution in [3.05, 3.63) is 63.9 Å². The minimum Gasteiger partial charge on any atom is -0.354 e. The second-order valence-electron chi connectivity index (χ2n) is 8.07. The Hall–Kier alpha value is -2.36. The maximum Gasteiger partial charge on any atom is 0.244 e. The molecule has 0 fully saturated rings. The molecule has 2 aromatic carbocycles. The van der Waals surface area contributed by atoms with Crippen LogP contribution in [0.15, 0.2) is 42.5 Å².